The average Bonchev–Trinajstić information content (AvgIpc) is 2.92. The van der Waals surface area contributed by atoms with Crippen LogP contribution in [0, 0.1) is 6.92 Å². The first kappa shape index (κ1) is 20.3. The van der Waals surface area contributed by atoms with Crippen LogP contribution in [0.4, 0.5) is 5.69 Å². The Bertz CT molecular complexity index is 737. The number of piperazine rings is 1. The van der Waals surface area contributed by atoms with Gasteiger partial charge in [0.2, 0.25) is 5.91 Å². The lowest BCUT2D eigenvalue weighted by Crippen LogP contribution is -2.54. The standard InChI is InChI=1S/C19H30N4O3S/c1-17-7-6-8-18(15-17)20-19(24)16-21-11-13-23(14-12-21)27(25,26)22-9-4-2-3-5-10-22/h6-8,15H,2-5,9-14,16H2,1H3,(H,20,24). The van der Waals surface area contributed by atoms with Gasteiger partial charge in [0.25, 0.3) is 10.2 Å². The highest BCUT2D eigenvalue weighted by atomic mass is 32.2. The summed E-state index contributed by atoms with van der Waals surface area (Å²) in [5, 5.41) is 2.91. The van der Waals surface area contributed by atoms with Crippen LogP contribution in [0.25, 0.3) is 0 Å². The third kappa shape index (κ3) is 5.51. The number of carbonyl (C=O) groups excluding carboxylic acids is 1. The molecule has 0 bridgehead atoms. The second-order valence-electron chi connectivity index (χ2n) is 7.41. The number of nitrogens with zero attached hydrogens (tertiary/aromatic N) is 3. The monoisotopic (exact) mass is 394 g/mol. The van der Waals surface area contributed by atoms with E-state index in [2.05, 4.69) is 5.32 Å². The zero-order chi connectivity index (χ0) is 19.3. The summed E-state index contributed by atoms with van der Waals surface area (Å²) in [5.74, 6) is -0.0653. The van der Waals surface area contributed by atoms with E-state index < -0.39 is 10.2 Å². The molecule has 3 rings (SSSR count). The Hall–Kier alpha value is -1.48. The minimum absolute atomic E-state index is 0.0653. The van der Waals surface area contributed by atoms with Crippen LogP contribution in [-0.2, 0) is 15.0 Å². The Morgan fingerprint density at radius 1 is 0.963 bits per heavy atom. The molecule has 2 heterocycles. The number of anilines is 1. The van der Waals surface area contributed by atoms with Crippen LogP contribution in [0.1, 0.15) is 31.2 Å². The van der Waals surface area contributed by atoms with Gasteiger partial charge in [0, 0.05) is 45.0 Å². The largest absolute Gasteiger partial charge is 0.325 e. The van der Waals surface area contributed by atoms with Crippen molar-refractivity contribution in [2.75, 3.05) is 51.1 Å². The molecule has 1 amide bonds. The number of rotatable bonds is 5. The summed E-state index contributed by atoms with van der Waals surface area (Å²) >= 11 is 0. The molecule has 27 heavy (non-hydrogen) atoms. The van der Waals surface area contributed by atoms with Crippen LogP contribution in [0.5, 0.6) is 0 Å². The Kier molecular flexibility index (Phi) is 6.86. The van der Waals surface area contributed by atoms with Crippen LogP contribution in [-0.4, -0.2) is 73.6 Å². The molecular formula is C19H30N4O3S. The van der Waals surface area contributed by atoms with Gasteiger partial charge in [0.15, 0.2) is 0 Å². The molecule has 2 aliphatic rings. The average molecular weight is 395 g/mol. The van der Waals surface area contributed by atoms with Crippen LogP contribution < -0.4 is 5.32 Å². The summed E-state index contributed by atoms with van der Waals surface area (Å²) < 4.78 is 28.9. The minimum atomic E-state index is -3.37. The van der Waals surface area contributed by atoms with Gasteiger partial charge in [-0.3, -0.25) is 9.69 Å². The van der Waals surface area contributed by atoms with Gasteiger partial charge in [0.05, 0.1) is 6.54 Å². The van der Waals surface area contributed by atoms with Crippen LogP contribution in [0.15, 0.2) is 24.3 Å². The van der Waals surface area contributed by atoms with E-state index >= 15 is 0 Å². The van der Waals surface area contributed by atoms with E-state index in [4.69, 9.17) is 0 Å². The van der Waals surface area contributed by atoms with Gasteiger partial charge in [-0.05, 0) is 37.5 Å². The van der Waals surface area contributed by atoms with Gasteiger partial charge in [-0.15, -0.1) is 0 Å². The van der Waals surface area contributed by atoms with Crippen molar-refractivity contribution in [3.63, 3.8) is 0 Å². The molecule has 7 nitrogen and oxygen atoms in total. The molecule has 0 unspecified atom stereocenters. The highest BCUT2D eigenvalue weighted by Gasteiger charge is 2.32. The maximum Gasteiger partial charge on any atom is 0.282 e. The molecule has 0 spiro atoms. The summed E-state index contributed by atoms with van der Waals surface area (Å²) in [6, 6.07) is 7.71. The van der Waals surface area contributed by atoms with Gasteiger partial charge >= 0.3 is 0 Å². The molecule has 0 aliphatic carbocycles. The Balaban J connectivity index is 1.48. The third-order valence-electron chi connectivity index (χ3n) is 5.22. The highest BCUT2D eigenvalue weighted by molar-refractivity contribution is 7.86. The van der Waals surface area contributed by atoms with Crippen LogP contribution in [0.2, 0.25) is 0 Å². The fourth-order valence-corrected chi connectivity index (χ4v) is 5.35. The number of benzene rings is 1. The number of hydrogen-bond donors (Lipinski definition) is 1. The molecule has 0 radical (unpaired) electrons. The van der Waals surface area contributed by atoms with Crippen molar-refractivity contribution >= 4 is 21.8 Å². The predicted molar refractivity (Wildman–Crippen MR) is 107 cm³/mol. The number of carbonyl (C=O) groups is 1. The highest BCUT2D eigenvalue weighted by Crippen LogP contribution is 2.18. The first-order valence-corrected chi connectivity index (χ1v) is 11.2. The fourth-order valence-electron chi connectivity index (χ4n) is 3.68. The molecular weight excluding hydrogens is 364 g/mol. The Morgan fingerprint density at radius 3 is 2.22 bits per heavy atom. The van der Waals surface area contributed by atoms with Gasteiger partial charge in [0.1, 0.15) is 0 Å². The van der Waals surface area contributed by atoms with Gasteiger partial charge in [-0.2, -0.15) is 17.0 Å². The molecule has 1 aromatic carbocycles. The first-order valence-electron chi connectivity index (χ1n) is 9.79. The molecule has 2 saturated heterocycles. The summed E-state index contributed by atoms with van der Waals surface area (Å²) in [6.45, 7) is 5.56. The molecule has 0 atom stereocenters. The van der Waals surface area contributed by atoms with E-state index in [9.17, 15) is 13.2 Å². The molecule has 1 aromatic rings. The SMILES string of the molecule is Cc1cccc(NC(=O)CN2CCN(S(=O)(=O)N3CCCCCC3)CC2)c1. The number of amides is 1. The second-order valence-corrected chi connectivity index (χ2v) is 9.34. The van der Waals surface area contributed by atoms with Crippen molar-refractivity contribution in [2.24, 2.45) is 0 Å². The van der Waals surface area contributed by atoms with Crippen LogP contribution in [0.3, 0.4) is 0 Å². The summed E-state index contributed by atoms with van der Waals surface area (Å²) in [4.78, 5) is 14.3. The van der Waals surface area contributed by atoms with E-state index in [0.29, 0.717) is 39.3 Å². The number of hydrogen-bond acceptors (Lipinski definition) is 4. The lowest BCUT2D eigenvalue weighted by Gasteiger charge is -2.36. The Labute approximate surface area is 162 Å². The molecule has 2 fully saturated rings. The molecule has 0 aromatic heterocycles. The maximum atomic E-state index is 12.8. The zero-order valence-corrected chi connectivity index (χ0v) is 16.9. The Morgan fingerprint density at radius 2 is 1.59 bits per heavy atom. The van der Waals surface area contributed by atoms with Gasteiger partial charge < -0.3 is 5.32 Å². The quantitative estimate of drug-likeness (QED) is 0.825. The van der Waals surface area contributed by atoms with Crippen molar-refractivity contribution in [1.29, 1.82) is 0 Å². The minimum Gasteiger partial charge on any atom is -0.325 e. The van der Waals surface area contributed by atoms with E-state index in [1.54, 1.807) is 8.61 Å². The molecule has 1 N–H and O–H groups in total. The van der Waals surface area contributed by atoms with E-state index in [-0.39, 0.29) is 12.5 Å². The zero-order valence-electron chi connectivity index (χ0n) is 16.1. The van der Waals surface area contributed by atoms with E-state index in [1.165, 1.54) is 0 Å². The summed E-state index contributed by atoms with van der Waals surface area (Å²) in [6.07, 6.45) is 4.10. The lowest BCUT2D eigenvalue weighted by molar-refractivity contribution is -0.117. The van der Waals surface area contributed by atoms with E-state index in [1.807, 2.05) is 36.1 Å². The van der Waals surface area contributed by atoms with Gasteiger partial charge in [-0.1, -0.05) is 25.0 Å². The van der Waals surface area contributed by atoms with Crippen molar-refractivity contribution < 1.29 is 13.2 Å². The lowest BCUT2D eigenvalue weighted by atomic mass is 10.2. The second kappa shape index (κ2) is 9.14. The van der Waals surface area contributed by atoms with Crippen molar-refractivity contribution in [3.05, 3.63) is 29.8 Å². The topological polar surface area (TPSA) is 73.0 Å². The predicted octanol–water partition coefficient (Wildman–Crippen LogP) is 1.67. The smallest absolute Gasteiger partial charge is 0.282 e. The van der Waals surface area contributed by atoms with E-state index in [0.717, 1.165) is 36.9 Å². The van der Waals surface area contributed by atoms with Gasteiger partial charge in [-0.25, -0.2) is 0 Å². The number of aryl methyl sites for hydroxylation is 1. The molecule has 0 saturated carbocycles. The first-order chi connectivity index (χ1) is 12.9. The van der Waals surface area contributed by atoms with Crippen LogP contribution >= 0.6 is 0 Å². The fraction of sp³-hybridized carbons (Fsp3) is 0.632. The number of nitrogens with one attached hydrogen (secondary N) is 1. The molecule has 150 valence electrons. The normalized spacial score (nSPS) is 20.9. The van der Waals surface area contributed by atoms with Crippen molar-refractivity contribution in [1.82, 2.24) is 13.5 Å². The molecule has 2 aliphatic heterocycles. The maximum absolute atomic E-state index is 12.8. The van der Waals surface area contributed by atoms with Crippen molar-refractivity contribution in [3.8, 4) is 0 Å². The molecule has 8 heteroatoms. The summed E-state index contributed by atoms with van der Waals surface area (Å²) in [5.41, 5.74) is 1.89. The summed E-state index contributed by atoms with van der Waals surface area (Å²) in [7, 11) is -3.37. The third-order valence-corrected chi connectivity index (χ3v) is 7.25. The van der Waals surface area contributed by atoms with Crippen molar-refractivity contribution in [2.45, 2.75) is 32.6 Å².